The molecule has 2 N–H and O–H groups in total. The lowest BCUT2D eigenvalue weighted by Gasteiger charge is -2.62. The zero-order valence-corrected chi connectivity index (χ0v) is 22.5. The molecule has 0 aromatic heterocycles. The van der Waals surface area contributed by atoms with Crippen LogP contribution in [0.5, 0.6) is 0 Å². The van der Waals surface area contributed by atoms with E-state index in [9.17, 15) is 9.59 Å². The van der Waals surface area contributed by atoms with E-state index in [1.807, 2.05) is 0 Å². The summed E-state index contributed by atoms with van der Waals surface area (Å²) in [6, 6.07) is 0. The van der Waals surface area contributed by atoms with Gasteiger partial charge in [-0.15, -0.1) is 0 Å². The molecule has 4 aliphatic rings. The molecule has 4 fully saturated rings. The lowest BCUT2D eigenvalue weighted by Crippen LogP contribution is -2.54. The van der Waals surface area contributed by atoms with Crippen LogP contribution >= 0.6 is 0 Å². The van der Waals surface area contributed by atoms with Crippen molar-refractivity contribution in [2.75, 3.05) is 13.1 Å². The topological polar surface area (TPSA) is 58.2 Å². The van der Waals surface area contributed by atoms with Gasteiger partial charge in [-0.3, -0.25) is 9.59 Å². The zero-order valence-electron chi connectivity index (χ0n) is 22.5. The number of hydrogen-bond acceptors (Lipinski definition) is 2. The van der Waals surface area contributed by atoms with Crippen molar-refractivity contribution >= 4 is 11.8 Å². The van der Waals surface area contributed by atoms with E-state index in [2.05, 4.69) is 24.5 Å². The number of nitrogens with one attached hydrogen (secondary N) is 2. The maximum Gasteiger partial charge on any atom is 0.220 e. The number of amides is 2. The molecule has 4 rings (SSSR count). The predicted octanol–water partition coefficient (Wildman–Crippen LogP) is 7.31. The Kier molecular flexibility index (Phi) is 11.2. The maximum atomic E-state index is 12.9. The highest BCUT2D eigenvalue weighted by Gasteiger charge is 2.58. The Labute approximate surface area is 210 Å². The minimum Gasteiger partial charge on any atom is -0.356 e. The number of rotatable bonds is 18. The fourth-order valence-electron chi connectivity index (χ4n) is 8.14. The summed E-state index contributed by atoms with van der Waals surface area (Å²) in [5, 5.41) is 6.47. The predicted molar refractivity (Wildman–Crippen MR) is 142 cm³/mol. The molecule has 4 heteroatoms. The van der Waals surface area contributed by atoms with Gasteiger partial charge < -0.3 is 10.6 Å². The Morgan fingerprint density at radius 1 is 0.618 bits per heavy atom. The van der Waals surface area contributed by atoms with Crippen molar-refractivity contribution in [1.29, 1.82) is 0 Å². The summed E-state index contributed by atoms with van der Waals surface area (Å²) >= 11 is 0. The first kappa shape index (κ1) is 27.5. The SMILES string of the molecule is CCCCCCCCNC(=O)CC12CC3CC(C1)CC(CC(=O)NCCCCCCCC)(C3)C2. The Morgan fingerprint density at radius 2 is 1.00 bits per heavy atom. The van der Waals surface area contributed by atoms with E-state index < -0.39 is 0 Å². The third kappa shape index (κ3) is 8.55. The molecule has 0 heterocycles. The summed E-state index contributed by atoms with van der Waals surface area (Å²) in [7, 11) is 0. The molecule has 0 unspecified atom stereocenters. The first-order chi connectivity index (χ1) is 16.5. The summed E-state index contributed by atoms with van der Waals surface area (Å²) in [4.78, 5) is 25.7. The average Bonchev–Trinajstić information content (AvgIpc) is 2.76. The molecule has 2 amide bonds. The second-order valence-electron chi connectivity index (χ2n) is 12.6. The van der Waals surface area contributed by atoms with Gasteiger partial charge in [0, 0.05) is 25.9 Å². The van der Waals surface area contributed by atoms with E-state index >= 15 is 0 Å². The fraction of sp³-hybridized carbons (Fsp3) is 0.933. The largest absolute Gasteiger partial charge is 0.356 e. The van der Waals surface area contributed by atoms with Crippen LogP contribution in [0.15, 0.2) is 0 Å². The average molecular weight is 475 g/mol. The number of carbonyl (C=O) groups is 2. The van der Waals surface area contributed by atoms with Crippen LogP contribution in [-0.2, 0) is 9.59 Å². The summed E-state index contributed by atoms with van der Waals surface area (Å²) in [5.74, 6) is 1.99. The molecule has 0 aliphatic heterocycles. The van der Waals surface area contributed by atoms with Gasteiger partial charge in [0.2, 0.25) is 11.8 Å². The maximum absolute atomic E-state index is 12.9. The quantitative estimate of drug-likeness (QED) is 0.205. The molecule has 0 spiro atoms. The molecule has 4 nitrogen and oxygen atoms in total. The second-order valence-corrected chi connectivity index (χ2v) is 12.6. The Morgan fingerprint density at radius 3 is 1.41 bits per heavy atom. The lowest BCUT2D eigenvalue weighted by atomic mass is 9.43. The molecule has 196 valence electrons. The smallest absolute Gasteiger partial charge is 0.220 e. The summed E-state index contributed by atoms with van der Waals surface area (Å²) in [5.41, 5.74) is 0.323. The minimum absolute atomic E-state index is 0.162. The molecular formula is C30H54N2O2. The summed E-state index contributed by atoms with van der Waals surface area (Å²) in [6.45, 7) is 6.16. The van der Waals surface area contributed by atoms with Crippen molar-refractivity contribution < 1.29 is 9.59 Å². The Balaban J connectivity index is 1.40. The molecule has 4 aliphatic carbocycles. The van der Waals surface area contributed by atoms with Gasteiger partial charge in [0.15, 0.2) is 0 Å². The Hall–Kier alpha value is -1.06. The number of unbranched alkanes of at least 4 members (excludes halogenated alkanes) is 10. The zero-order chi connectivity index (χ0) is 24.3. The van der Waals surface area contributed by atoms with Crippen LogP contribution in [0.4, 0.5) is 0 Å². The molecule has 34 heavy (non-hydrogen) atoms. The number of carbonyl (C=O) groups excluding carboxylic acids is 2. The highest BCUT2D eigenvalue weighted by atomic mass is 16.2. The monoisotopic (exact) mass is 474 g/mol. The van der Waals surface area contributed by atoms with Crippen molar-refractivity contribution in [2.24, 2.45) is 22.7 Å². The molecule has 4 saturated carbocycles. The van der Waals surface area contributed by atoms with Gasteiger partial charge >= 0.3 is 0 Å². The molecule has 0 saturated heterocycles. The van der Waals surface area contributed by atoms with Gasteiger partial charge in [-0.2, -0.15) is 0 Å². The van der Waals surface area contributed by atoms with Crippen molar-refractivity contribution in [2.45, 2.75) is 142 Å². The molecule has 4 bridgehead atoms. The standard InChI is InChI=1S/C30H54N2O2/c1-3-5-7-9-11-13-15-31-27(33)22-29-18-25-17-26(19-29)21-30(20-25,24-29)23-28(34)32-16-14-12-10-8-6-4-2/h25-26H,3-24H2,1-2H3,(H,31,33)(H,32,34). The first-order valence-corrected chi connectivity index (χ1v) is 15.0. The summed E-state index contributed by atoms with van der Waals surface area (Å²) < 4.78 is 0. The first-order valence-electron chi connectivity index (χ1n) is 15.0. The van der Waals surface area contributed by atoms with Crippen LogP contribution in [0.1, 0.15) is 142 Å². The van der Waals surface area contributed by atoms with Gasteiger partial charge in [-0.05, 0) is 74.0 Å². The molecule has 0 aromatic rings. The van der Waals surface area contributed by atoms with Crippen LogP contribution in [0, 0.1) is 22.7 Å². The third-order valence-corrected chi connectivity index (χ3v) is 9.08. The van der Waals surface area contributed by atoms with Gasteiger partial charge in [-0.25, -0.2) is 0 Å². The normalized spacial score (nSPS) is 29.4. The van der Waals surface area contributed by atoms with Crippen molar-refractivity contribution in [3.63, 3.8) is 0 Å². The van der Waals surface area contributed by atoms with E-state index in [-0.39, 0.29) is 22.6 Å². The lowest BCUT2D eigenvalue weighted by molar-refractivity contribution is -0.146. The molecule has 0 radical (unpaired) electrons. The highest BCUT2D eigenvalue weighted by Crippen LogP contribution is 2.67. The van der Waals surface area contributed by atoms with Crippen molar-refractivity contribution in [3.05, 3.63) is 0 Å². The summed E-state index contributed by atoms with van der Waals surface area (Å²) in [6.07, 6.45) is 23.8. The van der Waals surface area contributed by atoms with Gasteiger partial charge in [0.25, 0.3) is 0 Å². The van der Waals surface area contributed by atoms with E-state index in [1.165, 1.54) is 96.3 Å². The van der Waals surface area contributed by atoms with E-state index in [1.54, 1.807) is 0 Å². The number of hydrogen-bond donors (Lipinski definition) is 2. The second kappa shape index (κ2) is 13.9. The van der Waals surface area contributed by atoms with Crippen LogP contribution in [-0.4, -0.2) is 24.9 Å². The molecule has 0 atom stereocenters. The third-order valence-electron chi connectivity index (χ3n) is 9.08. The van der Waals surface area contributed by atoms with Crippen LogP contribution in [0.3, 0.4) is 0 Å². The minimum atomic E-state index is 0.162. The van der Waals surface area contributed by atoms with Crippen molar-refractivity contribution in [3.8, 4) is 0 Å². The van der Waals surface area contributed by atoms with E-state index in [4.69, 9.17) is 0 Å². The Bertz CT molecular complexity index is 567. The van der Waals surface area contributed by atoms with Gasteiger partial charge in [0.1, 0.15) is 0 Å². The van der Waals surface area contributed by atoms with Gasteiger partial charge in [-0.1, -0.05) is 78.1 Å². The van der Waals surface area contributed by atoms with E-state index in [0.29, 0.717) is 12.8 Å². The van der Waals surface area contributed by atoms with Crippen molar-refractivity contribution in [1.82, 2.24) is 10.6 Å². The van der Waals surface area contributed by atoms with Crippen LogP contribution < -0.4 is 10.6 Å². The molecular weight excluding hydrogens is 420 g/mol. The van der Waals surface area contributed by atoms with E-state index in [0.717, 1.165) is 44.2 Å². The van der Waals surface area contributed by atoms with Crippen LogP contribution in [0.25, 0.3) is 0 Å². The fourth-order valence-corrected chi connectivity index (χ4v) is 8.14. The van der Waals surface area contributed by atoms with Crippen LogP contribution in [0.2, 0.25) is 0 Å². The highest BCUT2D eigenvalue weighted by molar-refractivity contribution is 5.77. The van der Waals surface area contributed by atoms with Gasteiger partial charge in [0.05, 0.1) is 0 Å². The molecule has 0 aromatic carbocycles.